The van der Waals surface area contributed by atoms with Gasteiger partial charge >= 0.3 is 0 Å². The molecule has 1 N–H and O–H groups in total. The van der Waals surface area contributed by atoms with Crippen LogP contribution >= 0.6 is 0 Å². The predicted molar refractivity (Wildman–Crippen MR) is 80.7 cm³/mol. The minimum Gasteiger partial charge on any atom is -0.363 e. The van der Waals surface area contributed by atoms with Crippen LogP contribution in [0.4, 0.5) is 4.39 Å². The molecule has 118 valence electrons. The van der Waals surface area contributed by atoms with Gasteiger partial charge in [0.05, 0.1) is 19.0 Å². The Bertz CT molecular complexity index is 625. The summed E-state index contributed by atoms with van der Waals surface area (Å²) in [5.74, 6) is -1.55. The Labute approximate surface area is 129 Å². The number of halogens is 1. The second kappa shape index (κ2) is 5.48. The van der Waals surface area contributed by atoms with Crippen LogP contribution in [0.1, 0.15) is 31.9 Å². The van der Waals surface area contributed by atoms with Gasteiger partial charge in [-0.2, -0.15) is 0 Å². The number of benzene rings is 1. The maximum absolute atomic E-state index is 13.1. The lowest BCUT2D eigenvalue weighted by Gasteiger charge is -2.41. The van der Waals surface area contributed by atoms with Crippen molar-refractivity contribution < 1.29 is 14.2 Å². The normalized spacial score (nSPS) is 25.3. The quantitative estimate of drug-likeness (QED) is 0.944. The zero-order valence-corrected chi connectivity index (χ0v) is 12.9. The molecule has 1 aliphatic rings. The topological polar surface area (TPSA) is 47.3 Å². The molecule has 2 atom stereocenters. The van der Waals surface area contributed by atoms with Gasteiger partial charge in [-0.1, -0.05) is 26.0 Å². The van der Waals surface area contributed by atoms with E-state index >= 15 is 0 Å². The first-order valence-electron chi connectivity index (χ1n) is 7.51. The van der Waals surface area contributed by atoms with Crippen LogP contribution in [-0.2, 0) is 11.2 Å². The van der Waals surface area contributed by atoms with Crippen molar-refractivity contribution in [2.24, 2.45) is 5.41 Å². The van der Waals surface area contributed by atoms with E-state index in [0.29, 0.717) is 13.0 Å². The number of imidazole rings is 1. The zero-order valence-electron chi connectivity index (χ0n) is 12.9. The Morgan fingerprint density at radius 1 is 1.36 bits per heavy atom. The van der Waals surface area contributed by atoms with Crippen molar-refractivity contribution in [3.63, 3.8) is 0 Å². The van der Waals surface area contributed by atoms with Gasteiger partial charge in [-0.25, -0.2) is 9.37 Å². The van der Waals surface area contributed by atoms with Crippen molar-refractivity contribution >= 4 is 0 Å². The molecule has 4 nitrogen and oxygen atoms in total. The van der Waals surface area contributed by atoms with Crippen molar-refractivity contribution in [3.8, 4) is 0 Å². The summed E-state index contributed by atoms with van der Waals surface area (Å²) in [6, 6.07) is 6.03. The molecule has 5 heteroatoms. The molecule has 0 saturated carbocycles. The molecule has 0 amide bonds. The van der Waals surface area contributed by atoms with Gasteiger partial charge in [0, 0.05) is 17.8 Å². The smallest absolute Gasteiger partial charge is 0.192 e. The minimum absolute atomic E-state index is 0.265. The number of nitrogens with zero attached hydrogens (tertiary/aromatic N) is 2. The van der Waals surface area contributed by atoms with Crippen LogP contribution < -0.4 is 0 Å². The molecule has 2 aromatic rings. The van der Waals surface area contributed by atoms with Crippen LogP contribution in [0.25, 0.3) is 0 Å². The summed E-state index contributed by atoms with van der Waals surface area (Å²) in [6.45, 7) is 4.54. The number of rotatable bonds is 4. The molecule has 0 spiro atoms. The minimum atomic E-state index is -1.29. The standard InChI is InChI=1S/C17H21FN2O2/c1-16(2)7-10-22-17(16,21)15(20-9-8-19-12-20)11-13-3-5-14(18)6-4-13/h3-6,8-9,12,15,21H,7,10-11H2,1-2H3. The van der Waals surface area contributed by atoms with E-state index in [1.807, 2.05) is 24.6 Å². The third-order valence-corrected chi connectivity index (χ3v) is 4.70. The molecule has 0 bridgehead atoms. The highest BCUT2D eigenvalue weighted by Crippen LogP contribution is 2.48. The second-order valence-electron chi connectivity index (χ2n) is 6.54. The Morgan fingerprint density at radius 3 is 2.64 bits per heavy atom. The molecule has 3 rings (SSSR count). The fraction of sp³-hybridized carbons (Fsp3) is 0.471. The number of aromatic nitrogens is 2. The molecule has 1 aromatic carbocycles. The lowest BCUT2D eigenvalue weighted by molar-refractivity contribution is -0.247. The van der Waals surface area contributed by atoms with Crippen LogP contribution in [-0.4, -0.2) is 27.1 Å². The first kappa shape index (κ1) is 15.2. The average molecular weight is 304 g/mol. The maximum Gasteiger partial charge on any atom is 0.192 e. The highest BCUT2D eigenvalue weighted by molar-refractivity contribution is 5.18. The van der Waals surface area contributed by atoms with Crippen molar-refractivity contribution in [2.75, 3.05) is 6.61 Å². The van der Waals surface area contributed by atoms with Gasteiger partial charge in [-0.05, 0) is 30.5 Å². The Hall–Kier alpha value is -1.72. The molecule has 2 heterocycles. The Morgan fingerprint density at radius 2 is 2.09 bits per heavy atom. The molecule has 1 aromatic heterocycles. The van der Waals surface area contributed by atoms with Crippen LogP contribution in [0.3, 0.4) is 0 Å². The van der Waals surface area contributed by atoms with E-state index in [1.165, 1.54) is 12.1 Å². The van der Waals surface area contributed by atoms with Gasteiger partial charge < -0.3 is 14.4 Å². The van der Waals surface area contributed by atoms with Gasteiger partial charge in [0.25, 0.3) is 0 Å². The lowest BCUT2D eigenvalue weighted by atomic mass is 9.77. The lowest BCUT2D eigenvalue weighted by Crippen LogP contribution is -2.49. The van der Waals surface area contributed by atoms with Gasteiger partial charge in [-0.15, -0.1) is 0 Å². The molecule has 2 unspecified atom stereocenters. The monoisotopic (exact) mass is 304 g/mol. The third kappa shape index (κ3) is 2.55. The van der Waals surface area contributed by atoms with E-state index in [4.69, 9.17) is 4.74 Å². The van der Waals surface area contributed by atoms with Crippen molar-refractivity contribution in [3.05, 3.63) is 54.4 Å². The Kier molecular flexibility index (Phi) is 3.78. The summed E-state index contributed by atoms with van der Waals surface area (Å²) in [6.07, 6.45) is 6.52. The van der Waals surface area contributed by atoms with E-state index in [9.17, 15) is 9.50 Å². The third-order valence-electron chi connectivity index (χ3n) is 4.70. The van der Waals surface area contributed by atoms with Crippen LogP contribution in [0.15, 0.2) is 43.0 Å². The average Bonchev–Trinajstić information content (AvgIpc) is 3.08. The van der Waals surface area contributed by atoms with Crippen molar-refractivity contribution in [1.29, 1.82) is 0 Å². The second-order valence-corrected chi connectivity index (χ2v) is 6.54. The summed E-state index contributed by atoms with van der Waals surface area (Å²) >= 11 is 0. The summed E-state index contributed by atoms with van der Waals surface area (Å²) < 4.78 is 20.7. The van der Waals surface area contributed by atoms with Crippen molar-refractivity contribution in [1.82, 2.24) is 9.55 Å². The van der Waals surface area contributed by atoms with Crippen molar-refractivity contribution in [2.45, 2.75) is 38.5 Å². The van der Waals surface area contributed by atoms with Gasteiger partial charge in [-0.3, -0.25) is 0 Å². The van der Waals surface area contributed by atoms with E-state index in [1.54, 1.807) is 24.7 Å². The molecule has 0 aliphatic carbocycles. The van der Waals surface area contributed by atoms with E-state index in [-0.39, 0.29) is 17.3 Å². The summed E-state index contributed by atoms with van der Waals surface area (Å²) in [5, 5.41) is 11.2. The molecule has 1 saturated heterocycles. The first-order valence-corrected chi connectivity index (χ1v) is 7.51. The van der Waals surface area contributed by atoms with Crippen LogP contribution in [0.5, 0.6) is 0 Å². The molecule has 22 heavy (non-hydrogen) atoms. The van der Waals surface area contributed by atoms with Gasteiger partial charge in [0.15, 0.2) is 5.79 Å². The molecule has 0 radical (unpaired) electrons. The zero-order chi connectivity index (χ0) is 15.8. The maximum atomic E-state index is 13.1. The molecule has 1 aliphatic heterocycles. The highest BCUT2D eigenvalue weighted by atomic mass is 19.1. The summed E-state index contributed by atoms with van der Waals surface area (Å²) in [7, 11) is 0. The number of hydrogen-bond acceptors (Lipinski definition) is 3. The summed E-state index contributed by atoms with van der Waals surface area (Å²) in [5.41, 5.74) is 0.571. The first-order chi connectivity index (χ1) is 10.4. The SMILES string of the molecule is CC1(C)CCOC1(O)C(Cc1ccc(F)cc1)n1ccnc1. The van der Waals surface area contributed by atoms with E-state index in [0.717, 1.165) is 12.0 Å². The number of hydrogen-bond donors (Lipinski definition) is 1. The van der Waals surface area contributed by atoms with Gasteiger partial charge in [0.1, 0.15) is 5.82 Å². The molecular formula is C17H21FN2O2. The van der Waals surface area contributed by atoms with Gasteiger partial charge in [0.2, 0.25) is 0 Å². The number of aliphatic hydroxyl groups is 1. The fourth-order valence-electron chi connectivity index (χ4n) is 3.13. The molecular weight excluding hydrogens is 283 g/mol. The number of ether oxygens (including phenoxy) is 1. The largest absolute Gasteiger partial charge is 0.363 e. The summed E-state index contributed by atoms with van der Waals surface area (Å²) in [4.78, 5) is 4.09. The van der Waals surface area contributed by atoms with E-state index in [2.05, 4.69) is 4.98 Å². The fourth-order valence-corrected chi connectivity index (χ4v) is 3.13. The van der Waals surface area contributed by atoms with E-state index < -0.39 is 5.79 Å². The Balaban J connectivity index is 1.96. The van der Waals surface area contributed by atoms with Crippen LogP contribution in [0, 0.1) is 11.2 Å². The predicted octanol–water partition coefficient (Wildman–Crippen LogP) is 2.94. The molecule has 1 fully saturated rings. The highest BCUT2D eigenvalue weighted by Gasteiger charge is 2.54. The van der Waals surface area contributed by atoms with Crippen LogP contribution in [0.2, 0.25) is 0 Å².